The number of hydrogen-bond acceptors (Lipinski definition) is 8. The Kier molecular flexibility index (Phi) is 5.16. The van der Waals surface area contributed by atoms with Gasteiger partial charge in [0.2, 0.25) is 5.95 Å². The predicted octanol–water partition coefficient (Wildman–Crippen LogP) is 3.14. The average Bonchev–Trinajstić information content (AvgIpc) is 3.28. The highest BCUT2D eigenvalue weighted by Crippen LogP contribution is 2.28. The SMILES string of the molecule is O=COc1cccc(-c2cc(Nc3ccc4[nH]ncc4c3)nc(N3CCOCC3)n2)c1. The number of ether oxygens (including phenoxy) is 2. The van der Waals surface area contributed by atoms with Gasteiger partial charge in [-0.25, -0.2) is 4.98 Å². The first-order valence-corrected chi connectivity index (χ1v) is 9.91. The Bertz CT molecular complexity index is 1220. The minimum Gasteiger partial charge on any atom is -0.429 e. The van der Waals surface area contributed by atoms with E-state index in [-0.39, 0.29) is 0 Å². The number of morpholine rings is 1. The third-order valence-electron chi connectivity index (χ3n) is 5.03. The second kappa shape index (κ2) is 8.41. The van der Waals surface area contributed by atoms with E-state index in [1.165, 1.54) is 0 Å². The first kappa shape index (κ1) is 19.0. The molecule has 2 N–H and O–H groups in total. The fourth-order valence-electron chi connectivity index (χ4n) is 3.50. The maximum Gasteiger partial charge on any atom is 0.298 e. The molecule has 156 valence electrons. The van der Waals surface area contributed by atoms with Gasteiger partial charge in [-0.2, -0.15) is 10.1 Å². The predicted molar refractivity (Wildman–Crippen MR) is 117 cm³/mol. The maximum atomic E-state index is 10.7. The summed E-state index contributed by atoms with van der Waals surface area (Å²) in [5.74, 6) is 1.74. The van der Waals surface area contributed by atoms with E-state index in [2.05, 4.69) is 20.4 Å². The van der Waals surface area contributed by atoms with Gasteiger partial charge in [-0.3, -0.25) is 9.89 Å². The van der Waals surface area contributed by atoms with E-state index in [1.807, 2.05) is 36.4 Å². The van der Waals surface area contributed by atoms with E-state index in [0.29, 0.717) is 37.2 Å². The number of nitrogens with zero attached hydrogens (tertiary/aromatic N) is 4. The lowest BCUT2D eigenvalue weighted by Gasteiger charge is -2.27. The summed E-state index contributed by atoms with van der Waals surface area (Å²) in [6, 6.07) is 15.1. The molecule has 0 amide bonds. The van der Waals surface area contributed by atoms with Gasteiger partial charge in [-0.15, -0.1) is 0 Å². The van der Waals surface area contributed by atoms with Crippen molar-refractivity contribution in [3.63, 3.8) is 0 Å². The fraction of sp³-hybridized carbons (Fsp3) is 0.182. The van der Waals surface area contributed by atoms with Crippen LogP contribution in [0.1, 0.15) is 0 Å². The molecule has 1 aliphatic rings. The number of anilines is 3. The topological polar surface area (TPSA) is 105 Å². The molecule has 1 saturated heterocycles. The van der Waals surface area contributed by atoms with E-state index in [4.69, 9.17) is 19.4 Å². The molecule has 0 aliphatic carbocycles. The van der Waals surface area contributed by atoms with Crippen molar-refractivity contribution in [1.29, 1.82) is 0 Å². The molecule has 1 fully saturated rings. The molecule has 5 rings (SSSR count). The van der Waals surface area contributed by atoms with E-state index in [0.717, 1.165) is 40.9 Å². The summed E-state index contributed by atoms with van der Waals surface area (Å²) in [5.41, 5.74) is 3.41. The van der Waals surface area contributed by atoms with Crippen LogP contribution in [0.2, 0.25) is 0 Å². The number of benzene rings is 2. The van der Waals surface area contributed by atoms with Crippen LogP contribution in [0.15, 0.2) is 54.7 Å². The van der Waals surface area contributed by atoms with Gasteiger partial charge in [-0.1, -0.05) is 12.1 Å². The second-order valence-electron chi connectivity index (χ2n) is 7.08. The van der Waals surface area contributed by atoms with Crippen molar-refractivity contribution >= 4 is 34.8 Å². The highest BCUT2D eigenvalue weighted by Gasteiger charge is 2.17. The first-order chi connectivity index (χ1) is 15.3. The standard InChI is InChI=1S/C22H20N6O3/c29-14-31-18-3-1-2-15(11-18)20-12-21(26-22(25-20)28-6-8-30-9-7-28)24-17-4-5-19-16(10-17)13-23-27-19/h1-5,10-14H,6-9H2,(H,23,27)(H,24,25,26). The molecule has 0 saturated carbocycles. The highest BCUT2D eigenvalue weighted by molar-refractivity contribution is 5.83. The molecule has 0 spiro atoms. The van der Waals surface area contributed by atoms with E-state index >= 15 is 0 Å². The summed E-state index contributed by atoms with van der Waals surface area (Å²) >= 11 is 0. The van der Waals surface area contributed by atoms with Gasteiger partial charge < -0.3 is 19.7 Å². The van der Waals surface area contributed by atoms with Crippen LogP contribution in [0.25, 0.3) is 22.2 Å². The number of hydrogen-bond donors (Lipinski definition) is 2. The van der Waals surface area contributed by atoms with E-state index in [9.17, 15) is 4.79 Å². The van der Waals surface area contributed by atoms with Gasteiger partial charge in [0.1, 0.15) is 11.6 Å². The lowest BCUT2D eigenvalue weighted by atomic mass is 10.1. The van der Waals surface area contributed by atoms with Gasteiger partial charge in [0, 0.05) is 35.8 Å². The molecule has 0 bridgehead atoms. The molecule has 31 heavy (non-hydrogen) atoms. The van der Waals surface area contributed by atoms with Gasteiger partial charge in [0.15, 0.2) is 0 Å². The number of nitrogens with one attached hydrogen (secondary N) is 2. The van der Waals surface area contributed by atoms with Gasteiger partial charge in [0.05, 0.1) is 30.6 Å². The van der Waals surface area contributed by atoms with E-state index in [1.54, 1.807) is 18.3 Å². The Morgan fingerprint density at radius 2 is 2.00 bits per heavy atom. The van der Waals surface area contributed by atoms with Crippen LogP contribution in [0.4, 0.5) is 17.5 Å². The number of carbonyl (C=O) groups excluding carboxylic acids is 1. The summed E-state index contributed by atoms with van der Waals surface area (Å²) < 4.78 is 10.5. The van der Waals surface area contributed by atoms with Crippen molar-refractivity contribution in [1.82, 2.24) is 20.2 Å². The molecule has 1 aliphatic heterocycles. The number of aromatic nitrogens is 4. The summed E-state index contributed by atoms with van der Waals surface area (Å²) in [6.07, 6.45) is 1.78. The minimum absolute atomic E-state index is 0.414. The zero-order valence-corrected chi connectivity index (χ0v) is 16.6. The quantitative estimate of drug-likeness (QED) is 0.462. The van der Waals surface area contributed by atoms with Crippen LogP contribution in [-0.2, 0) is 9.53 Å². The third-order valence-corrected chi connectivity index (χ3v) is 5.03. The second-order valence-corrected chi connectivity index (χ2v) is 7.08. The van der Waals surface area contributed by atoms with Gasteiger partial charge in [0.25, 0.3) is 6.47 Å². The molecule has 2 aromatic heterocycles. The maximum absolute atomic E-state index is 10.7. The number of H-pyrrole nitrogens is 1. The third kappa shape index (κ3) is 4.17. The molecule has 4 aromatic rings. The summed E-state index contributed by atoms with van der Waals surface area (Å²) in [6.45, 7) is 3.12. The van der Waals surface area contributed by atoms with Crippen LogP contribution < -0.4 is 15.0 Å². The van der Waals surface area contributed by atoms with E-state index < -0.39 is 0 Å². The van der Waals surface area contributed by atoms with Gasteiger partial charge in [-0.05, 0) is 30.3 Å². The molecule has 0 unspecified atom stereocenters. The normalized spacial score (nSPS) is 13.9. The van der Waals surface area contributed by atoms with Crippen molar-refractivity contribution < 1.29 is 14.3 Å². The molecule has 9 heteroatoms. The van der Waals surface area contributed by atoms with Crippen molar-refractivity contribution in [2.75, 3.05) is 36.5 Å². The summed E-state index contributed by atoms with van der Waals surface area (Å²) in [7, 11) is 0. The number of fused-ring (bicyclic) bond motifs is 1. The Balaban J connectivity index is 1.53. The van der Waals surface area contributed by atoms with Crippen LogP contribution in [0.3, 0.4) is 0 Å². The lowest BCUT2D eigenvalue weighted by Crippen LogP contribution is -2.37. The molecule has 3 heterocycles. The molecule has 9 nitrogen and oxygen atoms in total. The largest absolute Gasteiger partial charge is 0.429 e. The van der Waals surface area contributed by atoms with Crippen molar-refractivity contribution in [3.8, 4) is 17.0 Å². The molecular weight excluding hydrogens is 396 g/mol. The van der Waals surface area contributed by atoms with Crippen molar-refractivity contribution in [2.24, 2.45) is 0 Å². The average molecular weight is 416 g/mol. The monoisotopic (exact) mass is 416 g/mol. The first-order valence-electron chi connectivity index (χ1n) is 9.91. The zero-order valence-electron chi connectivity index (χ0n) is 16.6. The Hall–Kier alpha value is -3.98. The molecule has 0 radical (unpaired) electrons. The highest BCUT2D eigenvalue weighted by atomic mass is 16.5. The van der Waals surface area contributed by atoms with Crippen molar-refractivity contribution in [3.05, 3.63) is 54.7 Å². The van der Waals surface area contributed by atoms with Gasteiger partial charge >= 0.3 is 0 Å². The molecule has 0 atom stereocenters. The van der Waals surface area contributed by atoms with Crippen LogP contribution >= 0.6 is 0 Å². The number of carbonyl (C=O) groups is 1. The number of aromatic amines is 1. The smallest absolute Gasteiger partial charge is 0.298 e. The lowest BCUT2D eigenvalue weighted by molar-refractivity contribution is -0.120. The van der Waals surface area contributed by atoms with Crippen LogP contribution in [0, 0.1) is 0 Å². The molecular formula is C22H20N6O3. The Labute approximate surface area is 178 Å². The summed E-state index contributed by atoms with van der Waals surface area (Å²) in [5, 5.41) is 11.4. The van der Waals surface area contributed by atoms with Crippen LogP contribution in [0.5, 0.6) is 5.75 Å². The Morgan fingerprint density at radius 3 is 2.87 bits per heavy atom. The fourth-order valence-corrected chi connectivity index (χ4v) is 3.50. The minimum atomic E-state index is 0.414. The Morgan fingerprint density at radius 1 is 1.10 bits per heavy atom. The van der Waals surface area contributed by atoms with Crippen molar-refractivity contribution in [2.45, 2.75) is 0 Å². The summed E-state index contributed by atoms with van der Waals surface area (Å²) in [4.78, 5) is 22.3. The molecule has 2 aromatic carbocycles. The zero-order chi connectivity index (χ0) is 21.0. The number of rotatable bonds is 6. The van der Waals surface area contributed by atoms with Crippen LogP contribution in [-0.4, -0.2) is 52.9 Å².